The molecule has 0 aromatic heterocycles. The average Bonchev–Trinajstić information content (AvgIpc) is 2.35. The summed E-state index contributed by atoms with van der Waals surface area (Å²) in [6, 6.07) is 6.58. The van der Waals surface area contributed by atoms with Crippen molar-refractivity contribution in [2.75, 3.05) is 27.4 Å². The zero-order valence-corrected chi connectivity index (χ0v) is 10.7. The Morgan fingerprint density at radius 1 is 1.35 bits per heavy atom. The molecule has 0 bridgehead atoms. The van der Waals surface area contributed by atoms with Gasteiger partial charge < -0.3 is 9.47 Å². The quantitative estimate of drug-likeness (QED) is 0.624. The Morgan fingerprint density at radius 3 is 2.53 bits per heavy atom. The highest BCUT2D eigenvalue weighted by Gasteiger charge is 2.20. The summed E-state index contributed by atoms with van der Waals surface area (Å²) in [6.07, 6.45) is 0. The summed E-state index contributed by atoms with van der Waals surface area (Å²) < 4.78 is 9.68. The molecular formula is C12H16ClNO3. The molecule has 0 radical (unpaired) electrons. The van der Waals surface area contributed by atoms with Gasteiger partial charge in [-0.3, -0.25) is 5.32 Å². The van der Waals surface area contributed by atoms with E-state index in [4.69, 9.17) is 21.1 Å². The number of carbonyl (C=O) groups excluding carboxylic acids is 1. The summed E-state index contributed by atoms with van der Waals surface area (Å²) in [7, 11) is 2.97. The Hall–Kier alpha value is -1.10. The summed E-state index contributed by atoms with van der Waals surface area (Å²) >= 11 is 5.80. The van der Waals surface area contributed by atoms with Gasteiger partial charge in [-0.25, -0.2) is 4.79 Å². The molecule has 1 unspecified atom stereocenters. The zero-order chi connectivity index (χ0) is 12.7. The van der Waals surface area contributed by atoms with Crippen LogP contribution in [0.15, 0.2) is 24.3 Å². The van der Waals surface area contributed by atoms with Gasteiger partial charge in [0.25, 0.3) is 0 Å². The smallest absolute Gasteiger partial charge is 0.327 e. The molecule has 0 saturated carbocycles. The second-order valence-corrected chi connectivity index (χ2v) is 3.89. The summed E-state index contributed by atoms with van der Waals surface area (Å²) in [5, 5.41) is 3.70. The molecule has 17 heavy (non-hydrogen) atoms. The number of rotatable bonds is 6. The number of hydrogen-bond acceptors (Lipinski definition) is 4. The molecule has 0 aliphatic heterocycles. The van der Waals surface area contributed by atoms with E-state index in [1.165, 1.54) is 7.11 Å². The van der Waals surface area contributed by atoms with Crippen molar-refractivity contribution in [3.8, 4) is 0 Å². The van der Waals surface area contributed by atoms with Crippen LogP contribution in [0.2, 0.25) is 5.02 Å². The zero-order valence-electron chi connectivity index (χ0n) is 9.90. The molecule has 94 valence electrons. The third kappa shape index (κ3) is 4.34. The fraction of sp³-hybridized carbons (Fsp3) is 0.417. The van der Waals surface area contributed by atoms with Crippen molar-refractivity contribution in [1.82, 2.24) is 5.32 Å². The Kier molecular flexibility index (Phi) is 5.97. The molecule has 1 atom stereocenters. The van der Waals surface area contributed by atoms with Crippen LogP contribution in [0.5, 0.6) is 0 Å². The second kappa shape index (κ2) is 7.27. The van der Waals surface area contributed by atoms with E-state index in [1.54, 1.807) is 31.4 Å². The predicted octanol–water partition coefficient (Wildman–Crippen LogP) is 1.79. The minimum atomic E-state index is -0.493. The Labute approximate surface area is 106 Å². The summed E-state index contributed by atoms with van der Waals surface area (Å²) in [5.74, 6) is -0.330. The molecule has 0 saturated heterocycles. The lowest BCUT2D eigenvalue weighted by atomic mass is 10.1. The van der Waals surface area contributed by atoms with Crippen LogP contribution in [0, 0.1) is 0 Å². The highest BCUT2D eigenvalue weighted by atomic mass is 35.5. The van der Waals surface area contributed by atoms with Crippen molar-refractivity contribution in [3.63, 3.8) is 0 Å². The average molecular weight is 258 g/mol. The molecule has 0 amide bonds. The van der Waals surface area contributed by atoms with Gasteiger partial charge in [0.15, 0.2) is 0 Å². The van der Waals surface area contributed by atoms with Crippen LogP contribution in [0.1, 0.15) is 11.6 Å². The lowest BCUT2D eigenvalue weighted by Gasteiger charge is -2.16. The first-order valence-electron chi connectivity index (χ1n) is 5.24. The Morgan fingerprint density at radius 2 is 2.00 bits per heavy atom. The fourth-order valence-electron chi connectivity index (χ4n) is 1.42. The lowest BCUT2D eigenvalue weighted by molar-refractivity contribution is -0.143. The minimum Gasteiger partial charge on any atom is -0.468 e. The van der Waals surface area contributed by atoms with Gasteiger partial charge in [0.05, 0.1) is 13.7 Å². The molecular weight excluding hydrogens is 242 g/mol. The van der Waals surface area contributed by atoms with Crippen molar-refractivity contribution in [2.24, 2.45) is 0 Å². The number of nitrogens with one attached hydrogen (secondary N) is 1. The van der Waals surface area contributed by atoms with Crippen molar-refractivity contribution in [3.05, 3.63) is 34.9 Å². The number of hydrogen-bond donors (Lipinski definition) is 1. The predicted molar refractivity (Wildman–Crippen MR) is 66.1 cm³/mol. The molecule has 0 fully saturated rings. The maximum absolute atomic E-state index is 11.6. The van der Waals surface area contributed by atoms with E-state index in [0.717, 1.165) is 5.56 Å². The van der Waals surface area contributed by atoms with Crippen molar-refractivity contribution < 1.29 is 14.3 Å². The molecule has 0 aliphatic carbocycles. The van der Waals surface area contributed by atoms with Crippen LogP contribution in [0.4, 0.5) is 0 Å². The highest BCUT2D eigenvalue weighted by molar-refractivity contribution is 6.30. The van der Waals surface area contributed by atoms with E-state index in [-0.39, 0.29) is 5.97 Å². The van der Waals surface area contributed by atoms with Crippen LogP contribution < -0.4 is 5.32 Å². The second-order valence-electron chi connectivity index (χ2n) is 3.45. The first-order chi connectivity index (χ1) is 8.19. The van der Waals surface area contributed by atoms with Crippen LogP contribution in [-0.2, 0) is 14.3 Å². The van der Waals surface area contributed by atoms with Gasteiger partial charge >= 0.3 is 5.97 Å². The van der Waals surface area contributed by atoms with Crippen LogP contribution >= 0.6 is 11.6 Å². The maximum Gasteiger partial charge on any atom is 0.327 e. The first kappa shape index (κ1) is 14.0. The van der Waals surface area contributed by atoms with E-state index >= 15 is 0 Å². The van der Waals surface area contributed by atoms with Gasteiger partial charge in [-0.1, -0.05) is 23.7 Å². The number of halogens is 1. The van der Waals surface area contributed by atoms with Crippen molar-refractivity contribution in [1.29, 1.82) is 0 Å². The number of methoxy groups -OCH3 is 2. The van der Waals surface area contributed by atoms with Crippen molar-refractivity contribution >= 4 is 17.6 Å². The molecule has 1 N–H and O–H groups in total. The maximum atomic E-state index is 11.6. The van der Waals surface area contributed by atoms with Gasteiger partial charge in [-0.2, -0.15) is 0 Å². The van der Waals surface area contributed by atoms with E-state index < -0.39 is 6.04 Å². The van der Waals surface area contributed by atoms with Gasteiger partial charge in [-0.15, -0.1) is 0 Å². The molecule has 0 spiro atoms. The molecule has 0 heterocycles. The van der Waals surface area contributed by atoms with E-state index in [2.05, 4.69) is 5.32 Å². The molecule has 1 aromatic rings. The van der Waals surface area contributed by atoms with E-state index in [1.807, 2.05) is 0 Å². The van der Waals surface area contributed by atoms with Gasteiger partial charge in [0, 0.05) is 18.7 Å². The monoisotopic (exact) mass is 257 g/mol. The normalized spacial score (nSPS) is 12.2. The third-order valence-corrected chi connectivity index (χ3v) is 2.55. The molecule has 1 aromatic carbocycles. The molecule has 4 nitrogen and oxygen atoms in total. The number of benzene rings is 1. The molecule has 5 heteroatoms. The summed E-state index contributed by atoms with van der Waals surface area (Å²) in [5.41, 5.74) is 0.817. The standard InChI is InChI=1S/C12H16ClNO3/c1-16-8-7-14-11(12(15)17-2)9-3-5-10(13)6-4-9/h3-6,11,14H,7-8H2,1-2H3. The molecule has 1 rings (SSSR count). The summed E-state index contributed by atoms with van der Waals surface area (Å²) in [4.78, 5) is 11.6. The van der Waals surface area contributed by atoms with Crippen LogP contribution in [-0.4, -0.2) is 33.3 Å². The van der Waals surface area contributed by atoms with Gasteiger partial charge in [0.2, 0.25) is 0 Å². The van der Waals surface area contributed by atoms with E-state index in [0.29, 0.717) is 18.2 Å². The Balaban J connectivity index is 2.74. The summed E-state index contributed by atoms with van der Waals surface area (Å²) in [6.45, 7) is 1.10. The fourth-order valence-corrected chi connectivity index (χ4v) is 1.54. The topological polar surface area (TPSA) is 47.6 Å². The van der Waals surface area contributed by atoms with Crippen LogP contribution in [0.25, 0.3) is 0 Å². The molecule has 0 aliphatic rings. The largest absolute Gasteiger partial charge is 0.468 e. The Bertz CT molecular complexity index is 353. The van der Waals surface area contributed by atoms with Gasteiger partial charge in [-0.05, 0) is 17.7 Å². The van der Waals surface area contributed by atoms with E-state index in [9.17, 15) is 4.79 Å². The lowest BCUT2D eigenvalue weighted by Crippen LogP contribution is -2.31. The SMILES string of the molecule is COCCNC(C(=O)OC)c1ccc(Cl)cc1. The number of ether oxygens (including phenoxy) is 2. The van der Waals surface area contributed by atoms with Crippen molar-refractivity contribution in [2.45, 2.75) is 6.04 Å². The highest BCUT2D eigenvalue weighted by Crippen LogP contribution is 2.17. The third-order valence-electron chi connectivity index (χ3n) is 2.29. The van der Waals surface area contributed by atoms with Gasteiger partial charge in [0.1, 0.15) is 6.04 Å². The first-order valence-corrected chi connectivity index (χ1v) is 5.62. The van der Waals surface area contributed by atoms with Crippen LogP contribution in [0.3, 0.4) is 0 Å². The number of esters is 1. The minimum absolute atomic E-state index is 0.330. The number of carbonyl (C=O) groups is 1.